The van der Waals surface area contributed by atoms with Gasteiger partial charge in [0.05, 0.1) is 6.20 Å². The molecule has 0 atom stereocenters. The first-order valence-corrected chi connectivity index (χ1v) is 2.41. The lowest BCUT2D eigenvalue weighted by Crippen LogP contribution is -2.24. The van der Waals surface area contributed by atoms with Gasteiger partial charge in [-0.05, 0) is 0 Å². The highest BCUT2D eigenvalue weighted by molar-refractivity contribution is 5.22. The third kappa shape index (κ3) is 1.21. The molecule has 0 fully saturated rings. The fourth-order valence-electron chi connectivity index (χ4n) is 0.504. The fraction of sp³-hybridized carbons (Fsp3) is 0. The van der Waals surface area contributed by atoms with Crippen molar-refractivity contribution in [3.8, 4) is 6.07 Å². The minimum Gasteiger partial charge on any atom is -0.350 e. The predicted molar refractivity (Wildman–Crippen MR) is 32.0 cm³/mol. The van der Waals surface area contributed by atoms with E-state index in [4.69, 9.17) is 11.1 Å². The maximum absolute atomic E-state index is 8.31. The number of nitrogens with two attached hydrogens (primary N) is 1. The molecule has 4 nitrogen and oxygen atoms in total. The molecule has 0 saturated heterocycles. The van der Waals surface area contributed by atoms with E-state index in [1.54, 1.807) is 12.4 Å². The summed E-state index contributed by atoms with van der Waals surface area (Å²) in [5, 5.41) is 12.3. The molecular weight excluding hydrogens is 116 g/mol. The molecule has 0 bridgehead atoms. The quantitative estimate of drug-likeness (QED) is 0.429. The zero-order valence-electron chi connectivity index (χ0n) is 4.70. The molecule has 46 valence electrons. The topological polar surface area (TPSA) is 65.1 Å². The number of nitriles is 1. The van der Waals surface area contributed by atoms with E-state index in [2.05, 4.69) is 5.32 Å². The van der Waals surface area contributed by atoms with Crippen LogP contribution in [0.2, 0.25) is 0 Å². The predicted octanol–water partition coefficient (Wildman–Crippen LogP) is -0.399. The molecule has 1 rings (SSSR count). The van der Waals surface area contributed by atoms with Crippen LogP contribution in [0.15, 0.2) is 24.3 Å². The van der Waals surface area contributed by atoms with Crippen LogP contribution in [0.3, 0.4) is 0 Å². The Labute approximate surface area is 52.8 Å². The van der Waals surface area contributed by atoms with E-state index in [1.165, 1.54) is 11.2 Å². The van der Waals surface area contributed by atoms with Crippen LogP contribution in [0.5, 0.6) is 0 Å². The Hall–Kier alpha value is -1.47. The summed E-state index contributed by atoms with van der Waals surface area (Å²) >= 11 is 0. The minimum atomic E-state index is 0.444. The molecule has 0 amide bonds. The lowest BCUT2D eigenvalue weighted by Gasteiger charge is -2.12. The molecule has 0 aromatic carbocycles. The van der Waals surface area contributed by atoms with Crippen molar-refractivity contribution in [3.63, 3.8) is 0 Å². The molecule has 1 aliphatic heterocycles. The standard InChI is InChI=1S/C5H6N4/c6-3-5-4-9(7)2-1-8-5/h1-2,4,8H,7H2. The van der Waals surface area contributed by atoms with Crippen molar-refractivity contribution >= 4 is 0 Å². The van der Waals surface area contributed by atoms with E-state index in [1.807, 2.05) is 6.07 Å². The zero-order chi connectivity index (χ0) is 6.69. The number of hydrazine groups is 1. The number of hydrogen-bond donors (Lipinski definition) is 2. The van der Waals surface area contributed by atoms with Crippen molar-refractivity contribution in [1.82, 2.24) is 10.3 Å². The minimum absolute atomic E-state index is 0.444. The summed E-state index contributed by atoms with van der Waals surface area (Å²) in [6.07, 6.45) is 4.71. The van der Waals surface area contributed by atoms with Crippen LogP contribution in [0.25, 0.3) is 0 Å². The second-order valence-electron chi connectivity index (χ2n) is 1.56. The van der Waals surface area contributed by atoms with Crippen LogP contribution in [-0.2, 0) is 0 Å². The van der Waals surface area contributed by atoms with E-state index in [-0.39, 0.29) is 0 Å². The van der Waals surface area contributed by atoms with Gasteiger partial charge in [-0.25, -0.2) is 5.84 Å². The van der Waals surface area contributed by atoms with Gasteiger partial charge in [-0.3, -0.25) is 5.01 Å². The second kappa shape index (κ2) is 2.20. The molecule has 0 aliphatic carbocycles. The third-order valence-corrected chi connectivity index (χ3v) is 0.884. The number of rotatable bonds is 0. The molecule has 0 saturated carbocycles. The largest absolute Gasteiger partial charge is 0.350 e. The van der Waals surface area contributed by atoms with Crippen molar-refractivity contribution in [2.24, 2.45) is 5.84 Å². The Morgan fingerprint density at radius 3 is 3.00 bits per heavy atom. The fourth-order valence-corrected chi connectivity index (χ4v) is 0.504. The summed E-state index contributed by atoms with van der Waals surface area (Å²) in [5.41, 5.74) is 0.444. The highest BCUT2D eigenvalue weighted by Gasteiger charge is 1.96. The summed E-state index contributed by atoms with van der Waals surface area (Å²) < 4.78 is 0. The molecule has 0 spiro atoms. The maximum atomic E-state index is 8.31. The van der Waals surface area contributed by atoms with Crippen molar-refractivity contribution in [2.75, 3.05) is 0 Å². The molecule has 0 radical (unpaired) electrons. The number of allylic oxidation sites excluding steroid dienone is 1. The smallest absolute Gasteiger partial charge is 0.135 e. The first-order chi connectivity index (χ1) is 4.33. The number of nitrogens with zero attached hydrogens (tertiary/aromatic N) is 2. The Balaban J connectivity index is 2.69. The van der Waals surface area contributed by atoms with Gasteiger partial charge in [0.1, 0.15) is 11.8 Å². The highest BCUT2D eigenvalue weighted by Crippen LogP contribution is 1.94. The first kappa shape index (κ1) is 5.66. The molecular formula is C5H6N4. The van der Waals surface area contributed by atoms with Gasteiger partial charge in [0.15, 0.2) is 0 Å². The van der Waals surface area contributed by atoms with Gasteiger partial charge in [-0.1, -0.05) is 0 Å². The van der Waals surface area contributed by atoms with Gasteiger partial charge >= 0.3 is 0 Å². The lowest BCUT2D eigenvalue weighted by molar-refractivity contribution is 0.520. The van der Waals surface area contributed by atoms with Crippen LogP contribution in [-0.4, -0.2) is 5.01 Å². The number of hydrogen-bond acceptors (Lipinski definition) is 4. The van der Waals surface area contributed by atoms with Crippen molar-refractivity contribution in [3.05, 3.63) is 24.3 Å². The average Bonchev–Trinajstić information content (AvgIpc) is 1.88. The summed E-state index contributed by atoms with van der Waals surface area (Å²) in [6.45, 7) is 0. The summed E-state index contributed by atoms with van der Waals surface area (Å²) in [6, 6.07) is 1.91. The summed E-state index contributed by atoms with van der Waals surface area (Å²) in [4.78, 5) is 0. The average molecular weight is 122 g/mol. The van der Waals surface area contributed by atoms with Crippen molar-refractivity contribution < 1.29 is 0 Å². The molecule has 0 unspecified atom stereocenters. The van der Waals surface area contributed by atoms with Crippen LogP contribution < -0.4 is 11.2 Å². The molecule has 0 aromatic heterocycles. The number of nitrogens with one attached hydrogen (secondary N) is 1. The van der Waals surface area contributed by atoms with Gasteiger partial charge in [0.25, 0.3) is 0 Å². The summed E-state index contributed by atoms with van der Waals surface area (Å²) in [5.74, 6) is 5.28. The van der Waals surface area contributed by atoms with Gasteiger partial charge < -0.3 is 5.32 Å². The second-order valence-corrected chi connectivity index (χ2v) is 1.56. The molecule has 0 aromatic rings. The van der Waals surface area contributed by atoms with Crippen LogP contribution in [0.1, 0.15) is 0 Å². The molecule has 1 aliphatic rings. The molecule has 3 N–H and O–H groups in total. The Bertz CT molecular complexity index is 197. The van der Waals surface area contributed by atoms with Crippen molar-refractivity contribution in [2.45, 2.75) is 0 Å². The first-order valence-electron chi connectivity index (χ1n) is 2.41. The van der Waals surface area contributed by atoms with Gasteiger partial charge in [0.2, 0.25) is 0 Å². The molecule has 9 heavy (non-hydrogen) atoms. The third-order valence-electron chi connectivity index (χ3n) is 0.884. The normalized spacial score (nSPS) is 16.0. The molecule has 4 heteroatoms. The Kier molecular flexibility index (Phi) is 1.38. The Morgan fingerprint density at radius 2 is 2.56 bits per heavy atom. The zero-order valence-corrected chi connectivity index (χ0v) is 4.70. The van der Waals surface area contributed by atoms with Crippen LogP contribution >= 0.6 is 0 Å². The monoisotopic (exact) mass is 122 g/mol. The van der Waals surface area contributed by atoms with E-state index in [0.717, 1.165) is 0 Å². The molecule has 1 heterocycles. The highest BCUT2D eigenvalue weighted by atomic mass is 15.4. The maximum Gasteiger partial charge on any atom is 0.135 e. The van der Waals surface area contributed by atoms with Crippen LogP contribution in [0.4, 0.5) is 0 Å². The Morgan fingerprint density at radius 1 is 1.78 bits per heavy atom. The van der Waals surface area contributed by atoms with Crippen molar-refractivity contribution in [1.29, 1.82) is 5.26 Å². The van der Waals surface area contributed by atoms with Gasteiger partial charge in [-0.15, -0.1) is 0 Å². The van der Waals surface area contributed by atoms with E-state index in [0.29, 0.717) is 5.70 Å². The van der Waals surface area contributed by atoms with E-state index >= 15 is 0 Å². The SMILES string of the molecule is N#CC1=CN(N)C=CN1. The van der Waals surface area contributed by atoms with E-state index in [9.17, 15) is 0 Å². The van der Waals surface area contributed by atoms with Gasteiger partial charge in [-0.2, -0.15) is 5.26 Å². The van der Waals surface area contributed by atoms with Crippen LogP contribution in [0, 0.1) is 11.3 Å². The van der Waals surface area contributed by atoms with Gasteiger partial charge in [0, 0.05) is 12.4 Å². The summed E-state index contributed by atoms with van der Waals surface area (Å²) in [7, 11) is 0. The lowest BCUT2D eigenvalue weighted by atomic mass is 10.5. The van der Waals surface area contributed by atoms with E-state index < -0.39 is 0 Å².